The Bertz CT molecular complexity index is 568. The summed E-state index contributed by atoms with van der Waals surface area (Å²) in [5, 5.41) is 10.7. The second kappa shape index (κ2) is 4.85. The van der Waals surface area contributed by atoms with Gasteiger partial charge in [0.25, 0.3) is 0 Å². The van der Waals surface area contributed by atoms with Crippen LogP contribution >= 0.6 is 23.1 Å². The molecule has 0 aliphatic carbocycles. The Morgan fingerprint density at radius 2 is 2.29 bits per heavy atom. The van der Waals surface area contributed by atoms with Crippen LogP contribution in [0, 0.1) is 12.7 Å². The van der Waals surface area contributed by atoms with Gasteiger partial charge in [0, 0.05) is 11.1 Å². The average Bonchev–Trinajstić information content (AvgIpc) is 2.67. The molecule has 0 aliphatic rings. The third kappa shape index (κ3) is 2.83. The van der Waals surface area contributed by atoms with Crippen LogP contribution in [0.25, 0.3) is 0 Å². The number of benzene rings is 1. The number of carboxylic acids is 1. The molecule has 0 spiro atoms. The van der Waals surface area contributed by atoms with Crippen LogP contribution < -0.4 is 0 Å². The fraction of sp³-hybridized carbons (Fsp3) is 0.0909. The van der Waals surface area contributed by atoms with E-state index in [1.54, 1.807) is 0 Å². The number of carboxylic acid groups (broad SMARTS) is 1. The second-order valence-electron chi connectivity index (χ2n) is 3.31. The summed E-state index contributed by atoms with van der Waals surface area (Å²) in [7, 11) is 0. The van der Waals surface area contributed by atoms with Gasteiger partial charge in [-0.1, -0.05) is 11.8 Å². The Labute approximate surface area is 105 Å². The number of aromatic nitrogens is 1. The van der Waals surface area contributed by atoms with Gasteiger partial charge in [0.05, 0.1) is 10.5 Å². The number of thiazole rings is 1. The van der Waals surface area contributed by atoms with Crippen molar-refractivity contribution in [2.24, 2.45) is 0 Å². The topological polar surface area (TPSA) is 50.2 Å². The highest BCUT2D eigenvalue weighted by Gasteiger charge is 2.11. The van der Waals surface area contributed by atoms with Gasteiger partial charge in [-0.2, -0.15) is 0 Å². The molecule has 0 saturated carbocycles. The lowest BCUT2D eigenvalue weighted by atomic mass is 10.2. The molecule has 1 heterocycles. The molecule has 0 amide bonds. The number of halogens is 1. The molecule has 0 bridgehead atoms. The van der Waals surface area contributed by atoms with Crippen molar-refractivity contribution in [2.45, 2.75) is 16.2 Å². The van der Waals surface area contributed by atoms with Crippen molar-refractivity contribution in [1.82, 2.24) is 4.98 Å². The second-order valence-corrected chi connectivity index (χ2v) is 5.45. The Hall–Kier alpha value is -1.40. The summed E-state index contributed by atoms with van der Waals surface area (Å²) < 4.78 is 14.2. The highest BCUT2D eigenvalue weighted by Crippen LogP contribution is 2.32. The van der Waals surface area contributed by atoms with Crippen molar-refractivity contribution in [3.63, 3.8) is 0 Å². The molecule has 6 heteroatoms. The lowest BCUT2D eigenvalue weighted by molar-refractivity contribution is 0.0696. The average molecular weight is 269 g/mol. The molecule has 0 unspecified atom stereocenters. The van der Waals surface area contributed by atoms with Gasteiger partial charge in [0.15, 0.2) is 4.34 Å². The fourth-order valence-corrected chi connectivity index (χ4v) is 3.04. The number of rotatable bonds is 3. The number of hydrogen-bond donors (Lipinski definition) is 1. The summed E-state index contributed by atoms with van der Waals surface area (Å²) in [4.78, 5) is 15.2. The van der Waals surface area contributed by atoms with Gasteiger partial charge in [-0.15, -0.1) is 11.3 Å². The third-order valence-electron chi connectivity index (χ3n) is 1.97. The number of carbonyl (C=O) groups is 1. The van der Waals surface area contributed by atoms with Gasteiger partial charge >= 0.3 is 5.97 Å². The van der Waals surface area contributed by atoms with Crippen LogP contribution in [0.4, 0.5) is 4.39 Å². The van der Waals surface area contributed by atoms with Crippen molar-refractivity contribution in [1.29, 1.82) is 0 Å². The zero-order valence-electron chi connectivity index (χ0n) is 8.81. The predicted molar refractivity (Wildman–Crippen MR) is 64.3 cm³/mol. The highest BCUT2D eigenvalue weighted by atomic mass is 32.2. The molecule has 0 fully saturated rings. The minimum Gasteiger partial charge on any atom is -0.478 e. The first-order valence-electron chi connectivity index (χ1n) is 4.69. The van der Waals surface area contributed by atoms with E-state index in [1.807, 2.05) is 12.3 Å². The summed E-state index contributed by atoms with van der Waals surface area (Å²) in [5.74, 6) is -1.50. The highest BCUT2D eigenvalue weighted by molar-refractivity contribution is 8.01. The number of nitrogens with zero attached hydrogens (tertiary/aromatic N) is 1. The molecule has 2 rings (SSSR count). The normalized spacial score (nSPS) is 10.5. The van der Waals surface area contributed by atoms with Crippen molar-refractivity contribution in [2.75, 3.05) is 0 Å². The molecule has 1 N–H and O–H groups in total. The van der Waals surface area contributed by atoms with Gasteiger partial charge in [-0.25, -0.2) is 14.2 Å². The van der Waals surface area contributed by atoms with Crippen LogP contribution in [0.15, 0.2) is 32.8 Å². The minimum atomic E-state index is -1.07. The Morgan fingerprint density at radius 3 is 2.88 bits per heavy atom. The Balaban J connectivity index is 2.31. The molecule has 0 atom stereocenters. The zero-order chi connectivity index (χ0) is 12.4. The number of hydrogen-bond acceptors (Lipinski definition) is 4. The molecule has 17 heavy (non-hydrogen) atoms. The van der Waals surface area contributed by atoms with E-state index < -0.39 is 11.8 Å². The first-order chi connectivity index (χ1) is 8.06. The van der Waals surface area contributed by atoms with Crippen LogP contribution in [0.2, 0.25) is 0 Å². The summed E-state index contributed by atoms with van der Waals surface area (Å²) >= 11 is 2.54. The van der Waals surface area contributed by atoms with E-state index in [9.17, 15) is 9.18 Å². The number of aromatic carboxylic acids is 1. The standard InChI is InChI=1S/C11H8FNO2S2/c1-6-5-16-11(13-6)17-9-4-7(10(14)15)2-3-8(9)12/h2-5H,1H3,(H,14,15). The molecule has 0 saturated heterocycles. The first-order valence-corrected chi connectivity index (χ1v) is 6.38. The lowest BCUT2D eigenvalue weighted by Crippen LogP contribution is -1.97. The van der Waals surface area contributed by atoms with E-state index >= 15 is 0 Å². The molecular weight excluding hydrogens is 261 g/mol. The van der Waals surface area contributed by atoms with Crippen molar-refractivity contribution in [3.05, 3.63) is 40.7 Å². The molecule has 1 aromatic heterocycles. The van der Waals surface area contributed by atoms with E-state index in [4.69, 9.17) is 5.11 Å². The predicted octanol–water partition coefficient (Wildman–Crippen LogP) is 3.44. The molecule has 0 aliphatic heterocycles. The van der Waals surface area contributed by atoms with Crippen LogP contribution in [-0.4, -0.2) is 16.1 Å². The smallest absolute Gasteiger partial charge is 0.335 e. The molecule has 0 radical (unpaired) electrons. The van der Waals surface area contributed by atoms with Crippen molar-refractivity contribution < 1.29 is 14.3 Å². The van der Waals surface area contributed by atoms with E-state index in [0.29, 0.717) is 4.34 Å². The quantitative estimate of drug-likeness (QED) is 0.927. The van der Waals surface area contributed by atoms with E-state index in [0.717, 1.165) is 23.5 Å². The summed E-state index contributed by atoms with van der Waals surface area (Å²) in [6.45, 7) is 1.85. The van der Waals surface area contributed by atoms with Gasteiger partial charge < -0.3 is 5.11 Å². The maximum absolute atomic E-state index is 13.5. The third-order valence-corrected chi connectivity index (χ3v) is 4.06. The van der Waals surface area contributed by atoms with E-state index in [2.05, 4.69) is 4.98 Å². The van der Waals surface area contributed by atoms with Crippen LogP contribution in [0.3, 0.4) is 0 Å². The molecule has 88 valence electrons. The van der Waals surface area contributed by atoms with E-state index in [1.165, 1.54) is 23.5 Å². The largest absolute Gasteiger partial charge is 0.478 e. The van der Waals surface area contributed by atoms with Crippen LogP contribution in [-0.2, 0) is 0 Å². The first kappa shape index (κ1) is 12.1. The van der Waals surface area contributed by atoms with Gasteiger partial charge in [-0.05, 0) is 25.1 Å². The molecule has 1 aromatic carbocycles. The Kier molecular flexibility index (Phi) is 3.44. The van der Waals surface area contributed by atoms with Gasteiger partial charge in [0.2, 0.25) is 0 Å². The monoisotopic (exact) mass is 269 g/mol. The molecule has 2 aromatic rings. The van der Waals surface area contributed by atoms with Gasteiger partial charge in [0.1, 0.15) is 5.82 Å². The van der Waals surface area contributed by atoms with Crippen LogP contribution in [0.5, 0.6) is 0 Å². The molecule has 3 nitrogen and oxygen atoms in total. The molecular formula is C11H8FNO2S2. The zero-order valence-corrected chi connectivity index (χ0v) is 10.4. The summed E-state index contributed by atoms with van der Waals surface area (Å²) in [6.07, 6.45) is 0. The van der Waals surface area contributed by atoms with Crippen LogP contribution in [0.1, 0.15) is 16.1 Å². The maximum Gasteiger partial charge on any atom is 0.335 e. The Morgan fingerprint density at radius 1 is 1.53 bits per heavy atom. The van der Waals surface area contributed by atoms with Crippen molar-refractivity contribution >= 4 is 29.1 Å². The van der Waals surface area contributed by atoms with Crippen molar-refractivity contribution in [3.8, 4) is 0 Å². The lowest BCUT2D eigenvalue weighted by Gasteiger charge is -2.01. The fourth-order valence-electron chi connectivity index (χ4n) is 1.19. The minimum absolute atomic E-state index is 0.0715. The SMILES string of the molecule is Cc1csc(Sc2cc(C(=O)O)ccc2F)n1. The number of aryl methyl sites for hydroxylation is 1. The summed E-state index contributed by atoms with van der Waals surface area (Å²) in [5.41, 5.74) is 0.939. The van der Waals surface area contributed by atoms with Gasteiger partial charge in [-0.3, -0.25) is 0 Å². The summed E-state index contributed by atoms with van der Waals surface area (Å²) in [6, 6.07) is 3.72. The van der Waals surface area contributed by atoms with E-state index in [-0.39, 0.29) is 10.5 Å². The maximum atomic E-state index is 13.5.